The molecule has 0 saturated heterocycles. The summed E-state index contributed by atoms with van der Waals surface area (Å²) in [5.74, 6) is 1.75. The van der Waals surface area contributed by atoms with Gasteiger partial charge in [-0.05, 0) is 30.0 Å². The van der Waals surface area contributed by atoms with Crippen molar-refractivity contribution in [1.82, 2.24) is 9.13 Å². The van der Waals surface area contributed by atoms with Gasteiger partial charge in [-0.1, -0.05) is 13.0 Å². The van der Waals surface area contributed by atoms with Crippen molar-refractivity contribution in [3.63, 3.8) is 0 Å². The van der Waals surface area contributed by atoms with Crippen molar-refractivity contribution in [2.45, 2.75) is 13.3 Å². The number of nitriles is 1. The van der Waals surface area contributed by atoms with Gasteiger partial charge in [0.05, 0.1) is 14.2 Å². The second kappa shape index (κ2) is 8.45. The average Bonchev–Trinajstić information content (AvgIpc) is 2.67. The highest BCUT2D eigenvalue weighted by Crippen LogP contribution is 2.28. The summed E-state index contributed by atoms with van der Waals surface area (Å²) in [6, 6.07) is 7.63. The van der Waals surface area contributed by atoms with Crippen molar-refractivity contribution < 1.29 is 9.47 Å². The molecule has 0 bridgehead atoms. The number of hydrogen-bond donors (Lipinski definition) is 1. The van der Waals surface area contributed by atoms with Crippen molar-refractivity contribution in [2.24, 2.45) is 20.0 Å². The molecule has 2 aromatic rings. The van der Waals surface area contributed by atoms with Crippen molar-refractivity contribution in [2.75, 3.05) is 26.1 Å². The quantitative estimate of drug-likeness (QED) is 0.786. The van der Waals surface area contributed by atoms with Crippen LogP contribution in [0.3, 0.4) is 0 Å². The zero-order chi connectivity index (χ0) is 20.1. The third-order valence-electron chi connectivity index (χ3n) is 4.43. The summed E-state index contributed by atoms with van der Waals surface area (Å²) in [6.07, 6.45) is 0.744. The Morgan fingerprint density at radius 2 is 1.81 bits per heavy atom. The Kier molecular flexibility index (Phi) is 6.29. The van der Waals surface area contributed by atoms with Gasteiger partial charge < -0.3 is 14.8 Å². The molecule has 144 valence electrons. The van der Waals surface area contributed by atoms with E-state index in [0.717, 1.165) is 16.6 Å². The van der Waals surface area contributed by atoms with E-state index in [1.165, 1.54) is 18.7 Å². The highest BCUT2D eigenvalue weighted by molar-refractivity contribution is 5.51. The number of aromatic nitrogens is 2. The van der Waals surface area contributed by atoms with Gasteiger partial charge in [-0.3, -0.25) is 13.9 Å². The first-order valence-electron chi connectivity index (χ1n) is 8.48. The van der Waals surface area contributed by atoms with Gasteiger partial charge in [0.15, 0.2) is 17.1 Å². The molecule has 0 aliphatic heterocycles. The minimum Gasteiger partial charge on any atom is -0.493 e. The maximum Gasteiger partial charge on any atom is 0.332 e. The van der Waals surface area contributed by atoms with E-state index >= 15 is 0 Å². The van der Waals surface area contributed by atoms with E-state index in [4.69, 9.17) is 9.47 Å². The zero-order valence-electron chi connectivity index (χ0n) is 16.2. The lowest BCUT2D eigenvalue weighted by atomic mass is 10.0. The Balaban J connectivity index is 2.17. The second-order valence-corrected chi connectivity index (χ2v) is 6.42. The number of nitrogens with zero attached hydrogens (tertiary/aromatic N) is 3. The molecule has 0 saturated carbocycles. The van der Waals surface area contributed by atoms with E-state index in [0.29, 0.717) is 18.0 Å². The molecule has 1 aromatic heterocycles. The Morgan fingerprint density at radius 1 is 1.15 bits per heavy atom. The number of anilines is 1. The number of hydrogen-bond acceptors (Lipinski definition) is 6. The number of methoxy groups -OCH3 is 2. The first-order valence-corrected chi connectivity index (χ1v) is 8.48. The van der Waals surface area contributed by atoms with Crippen molar-refractivity contribution in [1.29, 1.82) is 5.26 Å². The van der Waals surface area contributed by atoms with Crippen LogP contribution in [0.2, 0.25) is 0 Å². The fourth-order valence-electron chi connectivity index (χ4n) is 2.91. The van der Waals surface area contributed by atoms with Gasteiger partial charge >= 0.3 is 5.69 Å². The van der Waals surface area contributed by atoms with Crippen LogP contribution in [0.5, 0.6) is 11.5 Å². The van der Waals surface area contributed by atoms with E-state index in [1.807, 2.05) is 31.2 Å². The van der Waals surface area contributed by atoms with E-state index < -0.39 is 11.2 Å². The Labute approximate surface area is 157 Å². The van der Waals surface area contributed by atoms with Gasteiger partial charge in [0.1, 0.15) is 11.9 Å². The Morgan fingerprint density at radius 3 is 2.41 bits per heavy atom. The van der Waals surface area contributed by atoms with E-state index in [9.17, 15) is 14.9 Å². The van der Waals surface area contributed by atoms with Crippen LogP contribution in [0, 0.1) is 17.2 Å². The molecule has 1 heterocycles. The molecule has 0 spiro atoms. The minimum absolute atomic E-state index is 0.0714. The first kappa shape index (κ1) is 20.1. The molecular weight excluding hydrogens is 348 g/mol. The molecule has 8 nitrogen and oxygen atoms in total. The smallest absolute Gasteiger partial charge is 0.332 e. The predicted molar refractivity (Wildman–Crippen MR) is 103 cm³/mol. The third kappa shape index (κ3) is 4.14. The van der Waals surface area contributed by atoms with Crippen molar-refractivity contribution >= 4 is 5.82 Å². The summed E-state index contributed by atoms with van der Waals surface area (Å²) in [7, 11) is 6.07. The van der Waals surface area contributed by atoms with Crippen LogP contribution in [0.4, 0.5) is 5.82 Å². The SMILES string of the molecule is COc1ccc(CC(C)CNc2c(C#N)c(=O)n(C)c(=O)n2C)cc1OC. The topological polar surface area (TPSA) is 98.3 Å². The lowest BCUT2D eigenvalue weighted by Gasteiger charge is -2.18. The summed E-state index contributed by atoms with van der Waals surface area (Å²) in [5.41, 5.74) is -0.0806. The Bertz CT molecular complexity index is 985. The molecule has 0 aliphatic rings. The summed E-state index contributed by atoms with van der Waals surface area (Å²) in [5, 5.41) is 12.4. The number of rotatable bonds is 7. The highest BCUT2D eigenvalue weighted by Gasteiger charge is 2.16. The van der Waals surface area contributed by atoms with Gasteiger partial charge in [-0.15, -0.1) is 0 Å². The highest BCUT2D eigenvalue weighted by atomic mass is 16.5. The van der Waals surface area contributed by atoms with Crippen LogP contribution in [-0.4, -0.2) is 29.9 Å². The van der Waals surface area contributed by atoms with Gasteiger partial charge in [0.2, 0.25) is 0 Å². The molecule has 0 radical (unpaired) electrons. The largest absolute Gasteiger partial charge is 0.493 e. The zero-order valence-corrected chi connectivity index (χ0v) is 16.2. The molecule has 0 amide bonds. The van der Waals surface area contributed by atoms with Crippen molar-refractivity contribution in [3.8, 4) is 17.6 Å². The summed E-state index contributed by atoms with van der Waals surface area (Å²) in [6.45, 7) is 2.53. The van der Waals surface area contributed by atoms with Gasteiger partial charge in [-0.2, -0.15) is 5.26 Å². The lowest BCUT2D eigenvalue weighted by molar-refractivity contribution is 0.354. The van der Waals surface area contributed by atoms with Gasteiger partial charge in [0.25, 0.3) is 5.56 Å². The number of ether oxygens (including phenoxy) is 2. The number of benzene rings is 1. The monoisotopic (exact) mass is 372 g/mol. The average molecular weight is 372 g/mol. The van der Waals surface area contributed by atoms with Crippen LogP contribution in [-0.2, 0) is 20.5 Å². The van der Waals surface area contributed by atoms with Crippen LogP contribution >= 0.6 is 0 Å². The molecule has 0 aliphatic carbocycles. The lowest BCUT2D eigenvalue weighted by Crippen LogP contribution is -2.40. The van der Waals surface area contributed by atoms with E-state index in [-0.39, 0.29) is 17.3 Å². The number of nitrogens with one attached hydrogen (secondary N) is 1. The third-order valence-corrected chi connectivity index (χ3v) is 4.43. The summed E-state index contributed by atoms with van der Waals surface area (Å²) >= 11 is 0. The molecule has 0 fully saturated rings. The predicted octanol–water partition coefficient (Wildman–Crippen LogP) is 1.26. The van der Waals surface area contributed by atoms with Crippen LogP contribution in [0.15, 0.2) is 27.8 Å². The normalized spacial score (nSPS) is 11.6. The molecule has 1 aromatic carbocycles. The second-order valence-electron chi connectivity index (χ2n) is 6.42. The Hall–Kier alpha value is -3.21. The summed E-state index contributed by atoms with van der Waals surface area (Å²) in [4.78, 5) is 24.2. The van der Waals surface area contributed by atoms with Crippen LogP contribution < -0.4 is 26.0 Å². The molecule has 2 rings (SSSR count). The molecular formula is C19H24N4O4. The molecule has 8 heteroatoms. The maximum atomic E-state index is 12.1. The van der Waals surface area contributed by atoms with E-state index in [2.05, 4.69) is 5.32 Å². The van der Waals surface area contributed by atoms with Crippen LogP contribution in [0.25, 0.3) is 0 Å². The minimum atomic E-state index is -0.601. The first-order chi connectivity index (χ1) is 12.8. The molecule has 1 unspecified atom stereocenters. The maximum absolute atomic E-state index is 12.1. The fraction of sp³-hybridized carbons (Fsp3) is 0.421. The van der Waals surface area contributed by atoms with Crippen molar-refractivity contribution in [3.05, 3.63) is 50.2 Å². The molecule has 1 atom stereocenters. The van der Waals surface area contributed by atoms with Gasteiger partial charge in [-0.25, -0.2) is 4.79 Å². The standard InChI is InChI=1S/C19H24N4O4/c1-12(8-13-6-7-15(26-4)16(9-13)27-5)11-21-17-14(10-20)18(24)23(3)19(25)22(17)2/h6-7,9,12,21H,8,11H2,1-5H3. The summed E-state index contributed by atoms with van der Waals surface area (Å²) < 4.78 is 12.8. The fourth-order valence-corrected chi connectivity index (χ4v) is 2.91. The van der Waals surface area contributed by atoms with Crippen LogP contribution in [0.1, 0.15) is 18.1 Å². The molecule has 1 N–H and O–H groups in total. The van der Waals surface area contributed by atoms with E-state index in [1.54, 1.807) is 14.2 Å². The van der Waals surface area contributed by atoms with Gasteiger partial charge in [0, 0.05) is 20.6 Å². The molecule has 27 heavy (non-hydrogen) atoms.